The van der Waals surface area contributed by atoms with Crippen LogP contribution in [0.25, 0.3) is 0 Å². The van der Waals surface area contributed by atoms with Gasteiger partial charge < -0.3 is 0 Å². The molecule has 0 aliphatic rings. The third kappa shape index (κ3) is 3.55. The molecular formula is C16H18N2O2S. The molecule has 110 valence electrons. The molecule has 1 aromatic carbocycles. The van der Waals surface area contributed by atoms with Gasteiger partial charge in [0.2, 0.25) is 0 Å². The van der Waals surface area contributed by atoms with Crippen molar-refractivity contribution < 1.29 is 0 Å². The molecule has 2 aromatic rings. The number of H-pyrrole nitrogens is 1. The Balaban J connectivity index is 2.59. The van der Waals surface area contributed by atoms with Crippen molar-refractivity contribution in [1.29, 1.82) is 0 Å². The summed E-state index contributed by atoms with van der Waals surface area (Å²) in [6.07, 6.45) is 4.37. The van der Waals surface area contributed by atoms with Crippen molar-refractivity contribution in [2.45, 2.75) is 36.7 Å². The highest BCUT2D eigenvalue weighted by Crippen LogP contribution is 2.28. The summed E-state index contributed by atoms with van der Waals surface area (Å²) in [6.45, 7) is 4.28. The fourth-order valence-corrected chi connectivity index (χ4v) is 3.14. The van der Waals surface area contributed by atoms with E-state index in [0.29, 0.717) is 18.5 Å². The van der Waals surface area contributed by atoms with Gasteiger partial charge in [0.05, 0.1) is 5.03 Å². The smallest absolute Gasteiger partial charge is 0.284 e. The Morgan fingerprint density at radius 2 is 1.95 bits per heavy atom. The Bertz CT molecular complexity index is 745. The Kier molecular flexibility index (Phi) is 5.22. The van der Waals surface area contributed by atoms with Crippen LogP contribution in [0.3, 0.4) is 0 Å². The number of aromatic amines is 1. The number of hydrogen-bond acceptors (Lipinski definition) is 3. The number of hydrogen-bond donors (Lipinski definition) is 1. The summed E-state index contributed by atoms with van der Waals surface area (Å²) in [6, 6.07) is 9.76. The predicted molar refractivity (Wildman–Crippen MR) is 86.1 cm³/mol. The van der Waals surface area contributed by atoms with E-state index in [9.17, 15) is 9.59 Å². The first-order chi connectivity index (χ1) is 10.2. The number of nitrogens with zero attached hydrogens (tertiary/aromatic N) is 1. The number of aromatic nitrogens is 2. The zero-order valence-corrected chi connectivity index (χ0v) is 12.9. The van der Waals surface area contributed by atoms with Gasteiger partial charge in [0, 0.05) is 17.0 Å². The summed E-state index contributed by atoms with van der Waals surface area (Å²) in [5, 5.41) is 0.718. The topological polar surface area (TPSA) is 54.9 Å². The highest BCUT2D eigenvalue weighted by atomic mass is 32.2. The second-order valence-electron chi connectivity index (χ2n) is 4.49. The van der Waals surface area contributed by atoms with E-state index in [4.69, 9.17) is 0 Å². The molecule has 1 N–H and O–H groups in total. The molecule has 0 atom stereocenters. The molecule has 0 spiro atoms. The summed E-state index contributed by atoms with van der Waals surface area (Å²) in [4.78, 5) is 27.5. The van der Waals surface area contributed by atoms with Gasteiger partial charge in [-0.15, -0.1) is 0 Å². The van der Waals surface area contributed by atoms with Crippen molar-refractivity contribution in [3.05, 3.63) is 68.9 Å². The molecule has 0 radical (unpaired) electrons. The van der Waals surface area contributed by atoms with E-state index >= 15 is 0 Å². The van der Waals surface area contributed by atoms with Crippen LogP contribution < -0.4 is 11.2 Å². The lowest BCUT2D eigenvalue weighted by molar-refractivity contribution is 0.644. The van der Waals surface area contributed by atoms with E-state index in [1.165, 1.54) is 11.8 Å². The van der Waals surface area contributed by atoms with Crippen molar-refractivity contribution in [3.8, 4) is 0 Å². The second kappa shape index (κ2) is 7.13. The minimum atomic E-state index is -0.367. The molecule has 0 amide bonds. The first-order valence-electron chi connectivity index (χ1n) is 6.87. The third-order valence-corrected chi connectivity index (χ3v) is 4.25. The predicted octanol–water partition coefficient (Wildman–Crippen LogP) is 2.83. The zero-order valence-electron chi connectivity index (χ0n) is 12.1. The van der Waals surface area contributed by atoms with Crippen LogP contribution in [0.2, 0.25) is 0 Å². The fraction of sp³-hybridized carbons (Fsp3) is 0.250. The molecule has 0 bridgehead atoms. The lowest BCUT2D eigenvalue weighted by Gasteiger charge is -2.13. The van der Waals surface area contributed by atoms with Crippen molar-refractivity contribution in [1.82, 2.24) is 9.55 Å². The molecule has 0 aliphatic heterocycles. The van der Waals surface area contributed by atoms with Crippen molar-refractivity contribution >= 4 is 11.8 Å². The Morgan fingerprint density at radius 1 is 1.24 bits per heavy atom. The molecule has 1 heterocycles. The normalized spacial score (nSPS) is 11.1. The van der Waals surface area contributed by atoms with Crippen LogP contribution in [0.1, 0.15) is 19.4 Å². The largest absolute Gasteiger partial charge is 0.329 e. The van der Waals surface area contributed by atoms with Crippen molar-refractivity contribution in [2.24, 2.45) is 0 Å². The summed E-state index contributed by atoms with van der Waals surface area (Å²) in [5.74, 6) is 0. The third-order valence-electron chi connectivity index (χ3n) is 3.08. The van der Waals surface area contributed by atoms with E-state index in [1.54, 1.807) is 4.57 Å². The van der Waals surface area contributed by atoms with Crippen LogP contribution in [0.4, 0.5) is 0 Å². The van der Waals surface area contributed by atoms with Gasteiger partial charge in [-0.3, -0.25) is 14.3 Å². The Hall–Kier alpha value is -2.01. The van der Waals surface area contributed by atoms with Gasteiger partial charge in [-0.25, -0.2) is 4.79 Å². The molecule has 0 saturated heterocycles. The molecule has 0 aliphatic carbocycles. The van der Waals surface area contributed by atoms with E-state index < -0.39 is 0 Å². The minimum absolute atomic E-state index is 0.294. The van der Waals surface area contributed by atoms with Gasteiger partial charge in [-0.05, 0) is 25.5 Å². The first-order valence-corrected chi connectivity index (χ1v) is 7.69. The van der Waals surface area contributed by atoms with Gasteiger partial charge >= 0.3 is 5.69 Å². The van der Waals surface area contributed by atoms with Gasteiger partial charge in [-0.1, -0.05) is 49.0 Å². The van der Waals surface area contributed by atoms with Gasteiger partial charge in [0.15, 0.2) is 0 Å². The number of rotatable bonds is 5. The highest BCUT2D eigenvalue weighted by Gasteiger charge is 2.14. The molecule has 0 saturated carbocycles. The highest BCUT2D eigenvalue weighted by molar-refractivity contribution is 7.99. The molecule has 21 heavy (non-hydrogen) atoms. The number of benzene rings is 1. The zero-order chi connectivity index (χ0) is 15.2. The van der Waals surface area contributed by atoms with E-state index in [0.717, 1.165) is 9.92 Å². The average molecular weight is 302 g/mol. The molecule has 1 aromatic heterocycles. The number of allylic oxidation sites excluding steroid dienone is 2. The quantitative estimate of drug-likeness (QED) is 0.682. The van der Waals surface area contributed by atoms with E-state index in [2.05, 4.69) is 4.98 Å². The molecule has 0 unspecified atom stereocenters. The van der Waals surface area contributed by atoms with Gasteiger partial charge in [0.1, 0.15) is 0 Å². The maximum Gasteiger partial charge on any atom is 0.329 e. The molecule has 2 rings (SSSR count). The summed E-state index contributed by atoms with van der Waals surface area (Å²) < 4.78 is 1.61. The van der Waals surface area contributed by atoms with E-state index in [1.807, 2.05) is 56.3 Å². The maximum atomic E-state index is 12.1. The van der Waals surface area contributed by atoms with Crippen LogP contribution in [0.5, 0.6) is 0 Å². The fourth-order valence-electron chi connectivity index (χ4n) is 2.00. The van der Waals surface area contributed by atoms with Gasteiger partial charge in [0.25, 0.3) is 5.56 Å². The van der Waals surface area contributed by atoms with Crippen LogP contribution in [0.15, 0.2) is 62.0 Å². The van der Waals surface area contributed by atoms with Gasteiger partial charge in [-0.2, -0.15) is 0 Å². The van der Waals surface area contributed by atoms with Crippen molar-refractivity contribution in [3.63, 3.8) is 0 Å². The maximum absolute atomic E-state index is 12.1. The molecular weight excluding hydrogens is 284 g/mol. The summed E-state index contributed by atoms with van der Waals surface area (Å²) in [7, 11) is 0. The molecule has 5 heteroatoms. The van der Waals surface area contributed by atoms with Crippen LogP contribution in [-0.2, 0) is 13.0 Å². The lowest BCUT2D eigenvalue weighted by Crippen LogP contribution is -2.33. The van der Waals surface area contributed by atoms with Crippen LogP contribution in [-0.4, -0.2) is 9.55 Å². The average Bonchev–Trinajstić information content (AvgIpc) is 2.48. The number of nitrogens with one attached hydrogen (secondary N) is 1. The molecule has 0 fully saturated rings. The van der Waals surface area contributed by atoms with E-state index in [-0.39, 0.29) is 11.2 Å². The lowest BCUT2D eigenvalue weighted by atomic mass is 10.2. The first kappa shape index (κ1) is 15.4. The van der Waals surface area contributed by atoms with Crippen LogP contribution >= 0.6 is 11.8 Å². The molecule has 4 nitrogen and oxygen atoms in total. The Labute approximate surface area is 127 Å². The minimum Gasteiger partial charge on any atom is -0.284 e. The van der Waals surface area contributed by atoms with Crippen molar-refractivity contribution in [2.75, 3.05) is 0 Å². The SMILES string of the molecule is C/C=C/Cn1c(Sc2ccccc2)c(CC)c(=O)[nH]c1=O. The second-order valence-corrected chi connectivity index (χ2v) is 5.55. The monoisotopic (exact) mass is 302 g/mol. The summed E-state index contributed by atoms with van der Waals surface area (Å²) >= 11 is 1.45. The summed E-state index contributed by atoms with van der Waals surface area (Å²) in [5.41, 5.74) is -0.0145. The standard InChI is InChI=1S/C16H18N2O2S/c1-3-5-11-18-15(21-12-9-7-6-8-10-12)13(4-2)14(19)17-16(18)20/h3,5-10H,4,11H2,1-2H3,(H,17,19,20)/b5-3+. The van der Waals surface area contributed by atoms with Crippen LogP contribution in [0, 0.1) is 0 Å². The Morgan fingerprint density at radius 3 is 2.57 bits per heavy atom.